The average molecular weight is 864 g/mol. The fourth-order valence-corrected chi connectivity index (χ4v) is 6.54. The Morgan fingerprint density at radius 1 is 0.686 bits per heavy atom. The van der Waals surface area contributed by atoms with Crippen molar-refractivity contribution in [1.29, 1.82) is 0 Å². The Bertz CT molecular complexity index is 1200. The van der Waals surface area contributed by atoms with Crippen LogP contribution in [-0.4, -0.2) is 122 Å². The maximum atomic E-state index is 11.5. The number of carbonyl (C=O) groups is 4. The molecule has 280 valence electrons. The largest absolute Gasteiger partial charge is 1.00 e. The number of rotatable bonds is 17. The molecule has 0 spiro atoms. The number of hydrogen-bond donors (Lipinski definition) is 9. The number of hydrogen-bond acceptors (Lipinski definition) is 19. The Hall–Kier alpha value is 2.28. The molecule has 6 atom stereocenters. The first kappa shape index (κ1) is 68.0. The quantitative estimate of drug-likeness (QED) is 0.0372. The van der Waals surface area contributed by atoms with E-state index in [4.69, 9.17) is 35.5 Å². The molecule has 51 heavy (non-hydrogen) atoms. The monoisotopic (exact) mass is 864 g/mol. The van der Waals surface area contributed by atoms with Crippen molar-refractivity contribution in [3.05, 3.63) is 0 Å². The summed E-state index contributed by atoms with van der Waals surface area (Å²) in [5, 5.41) is 21.2. The van der Waals surface area contributed by atoms with Crippen molar-refractivity contribution in [2.45, 2.75) is 49.1 Å². The predicted molar refractivity (Wildman–Crippen MR) is 143 cm³/mol. The summed E-state index contributed by atoms with van der Waals surface area (Å²) in [7, 11) is -20.5. The zero-order valence-electron chi connectivity index (χ0n) is 28.9. The molecule has 1 amide bonds. The number of nitrogens with one attached hydrogen (secondary N) is 1. The van der Waals surface area contributed by atoms with Gasteiger partial charge in [0, 0.05) is 33.6 Å². The first-order chi connectivity index (χ1) is 20.9. The molecule has 33 heteroatoms. The van der Waals surface area contributed by atoms with Crippen LogP contribution in [0.3, 0.4) is 0 Å². The van der Waals surface area contributed by atoms with Gasteiger partial charge < -0.3 is 103 Å². The summed E-state index contributed by atoms with van der Waals surface area (Å²) in [6.45, 7) is 0.514. The van der Waals surface area contributed by atoms with Crippen molar-refractivity contribution in [3.8, 4) is 0 Å². The van der Waals surface area contributed by atoms with Crippen LogP contribution in [0.1, 0.15) is 26.7 Å². The van der Waals surface area contributed by atoms with Gasteiger partial charge in [-0.2, -0.15) is 0 Å². The molecule has 0 rings (SSSR count). The predicted octanol–water partition coefficient (Wildman–Crippen LogP) is -18.5. The van der Waals surface area contributed by atoms with Crippen molar-refractivity contribution in [2.24, 2.45) is 5.73 Å². The van der Waals surface area contributed by atoms with E-state index in [1.165, 1.54) is 28.1 Å². The van der Waals surface area contributed by atoms with Gasteiger partial charge in [0.1, 0.15) is 13.2 Å². The van der Waals surface area contributed by atoms with E-state index in [9.17, 15) is 62.1 Å². The number of nitrogens with two attached hydrogens (primary N) is 1. The Labute approximate surface area is 379 Å². The van der Waals surface area contributed by atoms with Crippen LogP contribution in [0.25, 0.3) is 0 Å². The molecular weight excluding hydrogens is 828 g/mol. The van der Waals surface area contributed by atoms with Crippen LogP contribution in [0.5, 0.6) is 0 Å². The van der Waals surface area contributed by atoms with Gasteiger partial charge in [-0.25, -0.2) is 14.4 Å². The summed E-state index contributed by atoms with van der Waals surface area (Å²) in [4.78, 5) is 120. The van der Waals surface area contributed by atoms with Crippen molar-refractivity contribution < 1.29 is 229 Å². The van der Waals surface area contributed by atoms with Crippen LogP contribution in [0.15, 0.2) is 0 Å². The van der Waals surface area contributed by atoms with Gasteiger partial charge in [0.15, 0.2) is 52.8 Å². The fraction of sp³-hybridized carbons (Fsp3) is 0.778. The van der Waals surface area contributed by atoms with Crippen molar-refractivity contribution in [1.82, 2.24) is 5.32 Å². The molecule has 0 bridgehead atoms. The van der Waals surface area contributed by atoms with Gasteiger partial charge in [-0.1, -0.05) is 0 Å². The number of carboxylic acids is 1. The summed E-state index contributed by atoms with van der Waals surface area (Å²) in [5.74, 6) is -3.64. The molecule has 0 aliphatic carbocycles. The molecule has 0 aliphatic rings. The minimum atomic E-state index is -5.90. The summed E-state index contributed by atoms with van der Waals surface area (Å²) >= 11 is 0. The molecule has 25 nitrogen and oxygen atoms in total. The standard InChI is InChI=1S/C9H19NO11P2.C6H10O5.C3H11NO7P2.4Na/c1-6(21-7(11)5-20-2)8(12)10-4-3-9(13,22(14,15)16)23(17,18)19;1-4(6(8)9)11-5(7)3-10-2;4-2-1-3(5,12(6,7)8)13(9,10)11;;;;/h6,13H,3-5H2,1-2H3,(H,10,12)(H2,14,15,16)(H2,17,18,19);4H,3H2,1-2H3,(H,8,9);5H,1-2,4H2,(H2,6,7,8)(H2,9,10,11);;;;/q;;;4*+1/p-4. The van der Waals surface area contributed by atoms with Gasteiger partial charge in [-0.05, 0) is 20.4 Å². The number of esters is 2. The van der Waals surface area contributed by atoms with Gasteiger partial charge in [0.25, 0.3) is 5.91 Å². The maximum Gasteiger partial charge on any atom is 1.00 e. The van der Waals surface area contributed by atoms with Gasteiger partial charge in [-0.3, -0.25) is 4.79 Å². The van der Waals surface area contributed by atoms with Gasteiger partial charge >= 0.3 is 136 Å². The van der Waals surface area contributed by atoms with Gasteiger partial charge in [-0.15, -0.1) is 0 Å². The Morgan fingerprint density at radius 3 is 1.22 bits per heavy atom. The van der Waals surface area contributed by atoms with E-state index < -0.39 is 109 Å². The summed E-state index contributed by atoms with van der Waals surface area (Å²) in [5.41, 5.74) is 4.81. The first-order valence-corrected chi connectivity index (χ1v) is 18.4. The van der Waals surface area contributed by atoms with E-state index in [-0.39, 0.29) is 125 Å². The molecule has 0 heterocycles. The minimum Gasteiger partial charge on any atom is -0.776 e. The maximum absolute atomic E-state index is 11.5. The molecule has 0 radical (unpaired) electrons. The third-order valence-corrected chi connectivity index (χ3v) is 12.5. The third-order valence-electron chi connectivity index (χ3n) is 4.91. The fourth-order valence-electron chi connectivity index (χ4n) is 2.38. The second kappa shape index (κ2) is 30.4. The van der Waals surface area contributed by atoms with E-state index >= 15 is 0 Å². The second-order valence-electron chi connectivity index (χ2n) is 8.68. The normalized spacial score (nSPS) is 18.4. The van der Waals surface area contributed by atoms with Crippen LogP contribution in [0, 0.1) is 0 Å². The molecule has 10 N–H and O–H groups in total. The molecule has 0 aromatic rings. The van der Waals surface area contributed by atoms with E-state index in [2.05, 4.69) is 18.9 Å². The van der Waals surface area contributed by atoms with Crippen LogP contribution >= 0.6 is 30.4 Å². The molecule has 0 aromatic carbocycles. The minimum absolute atomic E-state index is 0. The number of aliphatic hydroxyl groups is 2. The molecule has 6 unspecified atom stereocenters. The number of aliphatic carboxylic acids is 1. The van der Waals surface area contributed by atoms with E-state index in [0.29, 0.717) is 0 Å². The number of ether oxygens (including phenoxy) is 4. The second-order valence-corrected chi connectivity index (χ2v) is 16.5. The molecule has 0 saturated heterocycles. The summed E-state index contributed by atoms with van der Waals surface area (Å²) in [6, 6.07) is 0. The summed E-state index contributed by atoms with van der Waals surface area (Å²) < 4.78 is 60.6. The van der Waals surface area contributed by atoms with Gasteiger partial charge in [0.2, 0.25) is 0 Å². The van der Waals surface area contributed by atoms with E-state index in [1.54, 1.807) is 0 Å². The number of carbonyl (C=O) groups excluding carboxylic acids is 3. The van der Waals surface area contributed by atoms with Crippen molar-refractivity contribution in [3.63, 3.8) is 0 Å². The first-order valence-electron chi connectivity index (χ1n) is 12.1. The smallest absolute Gasteiger partial charge is 0.776 e. The zero-order valence-corrected chi connectivity index (χ0v) is 40.5. The van der Waals surface area contributed by atoms with E-state index in [0.717, 1.165) is 0 Å². The molecular formula is C18H36N2Na4O23P4. The van der Waals surface area contributed by atoms with Crippen LogP contribution in [-0.2, 0) is 56.4 Å². The zero-order chi connectivity index (χ0) is 38.2. The molecule has 0 aromatic heterocycles. The number of amides is 1. The number of carboxylic acid groups (broad SMARTS) is 1. The van der Waals surface area contributed by atoms with Gasteiger partial charge in [0.05, 0.1) is 0 Å². The van der Waals surface area contributed by atoms with E-state index in [1.807, 2.05) is 5.32 Å². The summed E-state index contributed by atoms with van der Waals surface area (Å²) in [6.07, 6.45) is -4.67. The Balaban J connectivity index is -0.000000119. The van der Waals surface area contributed by atoms with Crippen molar-refractivity contribution >= 4 is 54.2 Å². The van der Waals surface area contributed by atoms with Crippen LogP contribution in [0.4, 0.5) is 0 Å². The third kappa shape index (κ3) is 26.0. The SMILES string of the molecule is COCC(=O)OC(C)C(=O)NCCC(O)(P(=O)([O-])O)P(=O)([O-])O.COCC(=O)OC(C)C(=O)O.NCCC(O)(P(=O)([O-])O)P(=O)([O-])O.[Na+].[Na+].[Na+].[Na+]. The topological polar surface area (TPSA) is 445 Å². The average Bonchev–Trinajstić information content (AvgIpc) is 2.86. The molecule has 0 saturated carbocycles. The number of methoxy groups -OCH3 is 2. The Kier molecular flexibility index (Phi) is 40.5. The van der Waals surface area contributed by atoms with Crippen LogP contribution < -0.4 is 149 Å². The molecule has 0 fully saturated rings. The van der Waals surface area contributed by atoms with Crippen LogP contribution in [0.2, 0.25) is 0 Å². The van der Waals surface area contributed by atoms with Crippen molar-refractivity contribution in [2.75, 3.05) is 40.5 Å². The molecule has 0 aliphatic heterocycles. The Morgan fingerprint density at radius 2 is 0.980 bits per heavy atom.